The van der Waals surface area contributed by atoms with Crippen LogP contribution in [0.25, 0.3) is 38.2 Å². The first kappa shape index (κ1) is 26.7. The number of allylic oxidation sites excluding steroid dienone is 1. The van der Waals surface area contributed by atoms with Gasteiger partial charge in [0.05, 0.1) is 16.3 Å². The van der Waals surface area contributed by atoms with Crippen molar-refractivity contribution < 1.29 is 4.52 Å². The molecule has 1 aliphatic carbocycles. The first-order chi connectivity index (χ1) is 19.2. The van der Waals surface area contributed by atoms with Gasteiger partial charge < -0.3 is 9.84 Å². The summed E-state index contributed by atoms with van der Waals surface area (Å²) in [4.78, 5) is 0. The molecular formula is C36H37ClN2O. The molecule has 1 aliphatic heterocycles. The van der Waals surface area contributed by atoms with Crippen molar-refractivity contribution in [3.63, 3.8) is 0 Å². The Labute approximate surface area is 242 Å². The highest BCUT2D eigenvalue weighted by Gasteiger charge is 2.24. The Bertz CT molecular complexity index is 1790. The van der Waals surface area contributed by atoms with E-state index in [0.717, 1.165) is 45.8 Å². The summed E-state index contributed by atoms with van der Waals surface area (Å²) >= 11 is 7.12. The summed E-state index contributed by atoms with van der Waals surface area (Å²) < 4.78 is 5.47. The summed E-state index contributed by atoms with van der Waals surface area (Å²) in [5, 5.41) is 13.5. The zero-order valence-electron chi connectivity index (χ0n) is 24.3. The van der Waals surface area contributed by atoms with Crippen LogP contribution in [0.5, 0.6) is 0 Å². The molecule has 2 aliphatic rings. The molecule has 0 radical (unpaired) electrons. The highest BCUT2D eigenvalue weighted by atomic mass is 35.5. The number of benzene rings is 4. The van der Waals surface area contributed by atoms with Crippen molar-refractivity contribution in [1.29, 1.82) is 0 Å². The zero-order chi connectivity index (χ0) is 28.2. The Hall–Kier alpha value is -3.56. The van der Waals surface area contributed by atoms with Gasteiger partial charge in [0.15, 0.2) is 0 Å². The fraction of sp³-hybridized carbons (Fsp3) is 0.306. The molecule has 7 rings (SSSR count). The van der Waals surface area contributed by atoms with Crippen LogP contribution in [0, 0.1) is 20.8 Å². The Balaban J connectivity index is 0.000000175. The van der Waals surface area contributed by atoms with E-state index in [9.17, 15) is 0 Å². The van der Waals surface area contributed by atoms with E-state index in [1.54, 1.807) is 0 Å². The molecule has 204 valence electrons. The molecule has 3 nitrogen and oxygen atoms in total. The molecule has 2 heterocycles. The van der Waals surface area contributed by atoms with Gasteiger partial charge in [0.1, 0.15) is 5.76 Å². The van der Waals surface area contributed by atoms with E-state index >= 15 is 0 Å². The van der Waals surface area contributed by atoms with Gasteiger partial charge in [-0.3, -0.25) is 0 Å². The van der Waals surface area contributed by atoms with Crippen LogP contribution in [0.3, 0.4) is 0 Å². The molecule has 1 N–H and O–H groups in total. The quantitative estimate of drug-likeness (QED) is 0.212. The lowest BCUT2D eigenvalue weighted by Crippen LogP contribution is -2.31. The number of nitrogens with one attached hydrogen (secondary N) is 1. The lowest BCUT2D eigenvalue weighted by Gasteiger charge is -2.32. The SMILES string of the molecule is CC1=CC(C)(C)Nc2c(C)cccc21.Cc1noc(C)c1-c1c(Cl)c2c3c(ccc2c2ccccc12)CCCC3. The van der Waals surface area contributed by atoms with E-state index in [2.05, 4.69) is 98.8 Å². The molecule has 4 heteroatoms. The number of hydrogen-bond acceptors (Lipinski definition) is 3. The maximum atomic E-state index is 7.12. The minimum Gasteiger partial charge on any atom is -0.376 e. The third-order valence-corrected chi connectivity index (χ3v) is 8.84. The molecule has 40 heavy (non-hydrogen) atoms. The predicted octanol–water partition coefficient (Wildman–Crippen LogP) is 10.4. The molecule has 4 aromatic carbocycles. The standard InChI is InChI=1S/C23H20ClNO.C13H17N/c1-13-20(14(2)26-25-13)22-18-10-6-5-9-17(18)19-12-11-15-7-3-4-8-16(15)21(19)23(22)24;1-9-6-5-7-11-10(2)8-13(3,4)14-12(9)11/h5-6,9-12H,3-4,7-8H2,1-2H3;5-8,14H,1-4H3. The van der Waals surface area contributed by atoms with E-state index in [4.69, 9.17) is 16.1 Å². The second-order valence-corrected chi connectivity index (χ2v) is 12.3. The van der Waals surface area contributed by atoms with Gasteiger partial charge in [0, 0.05) is 27.8 Å². The van der Waals surface area contributed by atoms with Crippen molar-refractivity contribution in [2.24, 2.45) is 0 Å². The Morgan fingerprint density at radius 3 is 2.33 bits per heavy atom. The van der Waals surface area contributed by atoms with Gasteiger partial charge in [-0.1, -0.05) is 77.4 Å². The van der Waals surface area contributed by atoms with Crippen molar-refractivity contribution in [2.45, 2.75) is 72.8 Å². The molecule has 0 saturated carbocycles. The molecule has 0 spiro atoms. The predicted molar refractivity (Wildman–Crippen MR) is 171 cm³/mol. The second kappa shape index (κ2) is 10.1. The highest BCUT2D eigenvalue weighted by molar-refractivity contribution is 6.42. The van der Waals surface area contributed by atoms with Gasteiger partial charge in [-0.15, -0.1) is 0 Å². The number of nitrogens with zero attached hydrogens (tertiary/aromatic N) is 1. The van der Waals surface area contributed by atoms with Crippen LogP contribution in [0.4, 0.5) is 5.69 Å². The number of aromatic nitrogens is 1. The third-order valence-electron chi connectivity index (χ3n) is 8.46. The largest absolute Gasteiger partial charge is 0.376 e. The van der Waals surface area contributed by atoms with Crippen LogP contribution < -0.4 is 5.32 Å². The molecule has 0 saturated heterocycles. The van der Waals surface area contributed by atoms with Crippen molar-refractivity contribution in [3.8, 4) is 11.1 Å². The minimum atomic E-state index is 0.0726. The van der Waals surface area contributed by atoms with Crippen LogP contribution in [-0.2, 0) is 12.8 Å². The molecule has 0 atom stereocenters. The monoisotopic (exact) mass is 548 g/mol. The summed E-state index contributed by atoms with van der Waals surface area (Å²) in [5.41, 5.74) is 11.2. The average molecular weight is 549 g/mol. The Morgan fingerprint density at radius 1 is 0.825 bits per heavy atom. The van der Waals surface area contributed by atoms with Crippen LogP contribution in [0.15, 0.2) is 65.2 Å². The normalized spacial score (nSPS) is 15.5. The maximum absolute atomic E-state index is 7.12. The summed E-state index contributed by atoms with van der Waals surface area (Å²) in [6.07, 6.45) is 7.03. The van der Waals surface area contributed by atoms with E-state index in [1.807, 2.05) is 13.8 Å². The van der Waals surface area contributed by atoms with Gasteiger partial charge >= 0.3 is 0 Å². The molecule has 0 bridgehead atoms. The summed E-state index contributed by atoms with van der Waals surface area (Å²) in [6.45, 7) is 12.7. The van der Waals surface area contributed by atoms with Crippen LogP contribution in [0.2, 0.25) is 5.02 Å². The Kier molecular flexibility index (Phi) is 6.74. The third kappa shape index (κ3) is 4.51. The lowest BCUT2D eigenvalue weighted by molar-refractivity contribution is 0.393. The number of fused-ring (bicyclic) bond motifs is 6. The van der Waals surface area contributed by atoms with Gasteiger partial charge in [-0.25, -0.2) is 0 Å². The smallest absolute Gasteiger partial charge is 0.141 e. The summed E-state index contributed by atoms with van der Waals surface area (Å²) in [6, 6.07) is 19.5. The van der Waals surface area contributed by atoms with Gasteiger partial charge in [0.2, 0.25) is 0 Å². The topological polar surface area (TPSA) is 38.1 Å². The van der Waals surface area contributed by atoms with Gasteiger partial charge in [0.25, 0.3) is 0 Å². The number of anilines is 1. The zero-order valence-corrected chi connectivity index (χ0v) is 25.1. The molecule has 0 amide bonds. The maximum Gasteiger partial charge on any atom is 0.141 e. The minimum absolute atomic E-state index is 0.0726. The first-order valence-corrected chi connectivity index (χ1v) is 14.7. The summed E-state index contributed by atoms with van der Waals surface area (Å²) in [5.74, 6) is 0.818. The first-order valence-electron chi connectivity index (χ1n) is 14.3. The van der Waals surface area contributed by atoms with Gasteiger partial charge in [-0.2, -0.15) is 0 Å². The Morgan fingerprint density at radius 2 is 1.57 bits per heavy atom. The van der Waals surface area contributed by atoms with E-state index in [0.29, 0.717) is 0 Å². The van der Waals surface area contributed by atoms with Crippen molar-refractivity contribution >= 4 is 44.4 Å². The van der Waals surface area contributed by atoms with Crippen molar-refractivity contribution in [3.05, 3.63) is 99.4 Å². The molecule has 0 unspecified atom stereocenters. The average Bonchev–Trinajstić information content (AvgIpc) is 3.26. The van der Waals surface area contributed by atoms with Crippen LogP contribution >= 0.6 is 11.6 Å². The molecule has 1 aromatic heterocycles. The van der Waals surface area contributed by atoms with Crippen LogP contribution in [0.1, 0.15) is 67.3 Å². The second-order valence-electron chi connectivity index (χ2n) is 11.9. The number of para-hydroxylation sites is 1. The number of hydrogen-bond donors (Lipinski definition) is 1. The number of halogens is 1. The van der Waals surface area contributed by atoms with Gasteiger partial charge in [-0.05, 0) is 106 Å². The van der Waals surface area contributed by atoms with Crippen LogP contribution in [-0.4, -0.2) is 10.7 Å². The lowest BCUT2D eigenvalue weighted by atomic mass is 9.84. The summed E-state index contributed by atoms with van der Waals surface area (Å²) in [7, 11) is 0. The molecular weight excluding hydrogens is 512 g/mol. The number of aryl methyl sites for hydroxylation is 5. The van der Waals surface area contributed by atoms with E-state index in [-0.39, 0.29) is 5.54 Å². The number of rotatable bonds is 1. The van der Waals surface area contributed by atoms with Crippen molar-refractivity contribution in [2.75, 3.05) is 5.32 Å². The molecule has 5 aromatic rings. The van der Waals surface area contributed by atoms with E-state index in [1.165, 1.54) is 62.5 Å². The van der Waals surface area contributed by atoms with E-state index < -0.39 is 0 Å². The van der Waals surface area contributed by atoms with Crippen molar-refractivity contribution in [1.82, 2.24) is 5.16 Å². The molecule has 0 fully saturated rings. The fourth-order valence-electron chi connectivity index (χ4n) is 6.71. The fourth-order valence-corrected chi connectivity index (χ4v) is 7.12. The highest BCUT2D eigenvalue weighted by Crippen LogP contribution is 2.46.